The predicted octanol–water partition coefficient (Wildman–Crippen LogP) is 1.39. The van der Waals surface area contributed by atoms with Crippen LogP contribution in [-0.4, -0.2) is 40.5 Å². The summed E-state index contributed by atoms with van der Waals surface area (Å²) in [6.45, 7) is 2.40. The van der Waals surface area contributed by atoms with Crippen LogP contribution in [0.25, 0.3) is 0 Å². The second-order valence-corrected chi connectivity index (χ2v) is 6.40. The summed E-state index contributed by atoms with van der Waals surface area (Å²) in [5, 5.41) is 0.662. The molecule has 0 bridgehead atoms. The van der Waals surface area contributed by atoms with E-state index in [4.69, 9.17) is 11.6 Å². The topological polar surface area (TPSA) is 61.4 Å². The molecule has 0 saturated heterocycles. The highest BCUT2D eigenvalue weighted by Crippen LogP contribution is 2.19. The van der Waals surface area contributed by atoms with Crippen molar-refractivity contribution in [1.29, 1.82) is 0 Å². The zero-order valence-electron chi connectivity index (χ0n) is 11.4. The van der Waals surface area contributed by atoms with Crippen molar-refractivity contribution >= 4 is 21.8 Å². The lowest BCUT2D eigenvalue weighted by Crippen LogP contribution is -2.41. The number of hydrogen-bond acceptors (Lipinski definition) is 3. The van der Waals surface area contributed by atoms with Gasteiger partial charge in [0, 0.05) is 24.2 Å². The lowest BCUT2D eigenvalue weighted by molar-refractivity contribution is 0.299. The summed E-state index contributed by atoms with van der Waals surface area (Å²) in [4.78, 5) is 1.96. The van der Waals surface area contributed by atoms with Crippen LogP contribution in [0.4, 0.5) is 0 Å². The quantitative estimate of drug-likeness (QED) is 0.800. The summed E-state index contributed by atoms with van der Waals surface area (Å²) < 4.78 is 28.1. The molecule has 1 aromatic carbocycles. The van der Waals surface area contributed by atoms with E-state index in [1.807, 2.05) is 31.1 Å². The molecule has 0 aliphatic rings. The van der Waals surface area contributed by atoms with E-state index in [0.29, 0.717) is 18.1 Å². The van der Waals surface area contributed by atoms with Crippen molar-refractivity contribution in [3.63, 3.8) is 0 Å². The van der Waals surface area contributed by atoms with Gasteiger partial charge in [0.25, 0.3) is 10.2 Å². The van der Waals surface area contributed by atoms with Crippen LogP contribution in [-0.2, 0) is 10.2 Å². The standard InChI is InChI=1S/C12H20ClN3O2S/c1-4-14-19(17,18)15-9-12(16(2)3)10-5-7-11(13)8-6-10/h5-8,12,14-15H,4,9H2,1-3H3. The molecule has 0 heterocycles. The molecule has 108 valence electrons. The number of benzene rings is 1. The Kier molecular flexibility index (Phi) is 6.22. The van der Waals surface area contributed by atoms with E-state index in [9.17, 15) is 8.42 Å². The maximum Gasteiger partial charge on any atom is 0.276 e. The molecular weight excluding hydrogens is 286 g/mol. The van der Waals surface area contributed by atoms with Gasteiger partial charge in [-0.1, -0.05) is 30.7 Å². The normalized spacial score (nSPS) is 13.7. The molecule has 1 unspecified atom stereocenters. The summed E-state index contributed by atoms with van der Waals surface area (Å²) in [6.07, 6.45) is 0. The van der Waals surface area contributed by atoms with Crippen LogP contribution in [0.5, 0.6) is 0 Å². The van der Waals surface area contributed by atoms with Crippen LogP contribution in [0, 0.1) is 0 Å². The van der Waals surface area contributed by atoms with Crippen LogP contribution in [0.1, 0.15) is 18.5 Å². The molecular formula is C12H20ClN3O2S. The van der Waals surface area contributed by atoms with Crippen molar-refractivity contribution < 1.29 is 8.42 Å². The van der Waals surface area contributed by atoms with Gasteiger partial charge in [-0.15, -0.1) is 0 Å². The highest BCUT2D eigenvalue weighted by atomic mass is 35.5. The zero-order valence-corrected chi connectivity index (χ0v) is 12.9. The Labute approximate surface area is 120 Å². The first-order chi connectivity index (χ1) is 8.85. The van der Waals surface area contributed by atoms with Gasteiger partial charge in [-0.05, 0) is 31.8 Å². The average Bonchev–Trinajstić information content (AvgIpc) is 2.31. The molecule has 1 rings (SSSR count). The monoisotopic (exact) mass is 305 g/mol. The van der Waals surface area contributed by atoms with Crippen molar-refractivity contribution in [3.05, 3.63) is 34.9 Å². The Morgan fingerprint density at radius 2 is 1.79 bits per heavy atom. The summed E-state index contributed by atoms with van der Waals surface area (Å²) >= 11 is 5.85. The molecule has 19 heavy (non-hydrogen) atoms. The van der Waals surface area contributed by atoms with Crippen molar-refractivity contribution in [3.8, 4) is 0 Å². The smallest absolute Gasteiger partial charge is 0.276 e. The van der Waals surface area contributed by atoms with Gasteiger partial charge in [0.2, 0.25) is 0 Å². The highest BCUT2D eigenvalue weighted by molar-refractivity contribution is 7.87. The Morgan fingerprint density at radius 1 is 1.21 bits per heavy atom. The van der Waals surface area contributed by atoms with Crippen LogP contribution in [0.15, 0.2) is 24.3 Å². The predicted molar refractivity (Wildman–Crippen MR) is 78.5 cm³/mol. The van der Waals surface area contributed by atoms with Gasteiger partial charge in [0.1, 0.15) is 0 Å². The van der Waals surface area contributed by atoms with Crippen molar-refractivity contribution in [2.24, 2.45) is 0 Å². The molecule has 0 aliphatic heterocycles. The van der Waals surface area contributed by atoms with E-state index >= 15 is 0 Å². The minimum absolute atomic E-state index is 0.0503. The van der Waals surface area contributed by atoms with Gasteiger partial charge in [-0.3, -0.25) is 0 Å². The van der Waals surface area contributed by atoms with Crippen molar-refractivity contribution in [2.75, 3.05) is 27.2 Å². The number of hydrogen-bond donors (Lipinski definition) is 2. The highest BCUT2D eigenvalue weighted by Gasteiger charge is 2.17. The average molecular weight is 306 g/mol. The molecule has 0 aromatic heterocycles. The van der Waals surface area contributed by atoms with Gasteiger partial charge in [-0.25, -0.2) is 9.44 Å². The number of nitrogens with zero attached hydrogens (tertiary/aromatic N) is 1. The second kappa shape index (κ2) is 7.21. The molecule has 1 aromatic rings. The number of likely N-dealkylation sites (N-methyl/N-ethyl adjacent to an activating group) is 1. The minimum atomic E-state index is -3.43. The van der Waals surface area contributed by atoms with E-state index in [1.54, 1.807) is 19.1 Å². The molecule has 7 heteroatoms. The van der Waals surface area contributed by atoms with Gasteiger partial charge < -0.3 is 4.90 Å². The van der Waals surface area contributed by atoms with Crippen LogP contribution < -0.4 is 9.44 Å². The van der Waals surface area contributed by atoms with Gasteiger partial charge in [-0.2, -0.15) is 8.42 Å². The Morgan fingerprint density at radius 3 is 2.26 bits per heavy atom. The van der Waals surface area contributed by atoms with E-state index < -0.39 is 10.2 Å². The lowest BCUT2D eigenvalue weighted by Gasteiger charge is -2.25. The number of halogens is 1. The largest absolute Gasteiger partial charge is 0.301 e. The molecule has 5 nitrogen and oxygen atoms in total. The molecule has 0 radical (unpaired) electrons. The summed E-state index contributed by atoms with van der Waals surface area (Å²) in [6, 6.07) is 7.34. The fraction of sp³-hybridized carbons (Fsp3) is 0.500. The third-order valence-corrected chi connectivity index (χ3v) is 4.15. The fourth-order valence-corrected chi connectivity index (χ4v) is 2.70. The van der Waals surface area contributed by atoms with E-state index in [2.05, 4.69) is 9.44 Å². The fourth-order valence-electron chi connectivity index (χ4n) is 1.71. The molecule has 0 aliphatic carbocycles. The SMILES string of the molecule is CCNS(=O)(=O)NCC(c1ccc(Cl)cc1)N(C)C. The Balaban J connectivity index is 2.77. The zero-order chi connectivity index (χ0) is 14.5. The minimum Gasteiger partial charge on any atom is -0.301 e. The van der Waals surface area contributed by atoms with Gasteiger partial charge in [0.05, 0.1) is 0 Å². The number of rotatable bonds is 7. The molecule has 0 saturated carbocycles. The summed E-state index contributed by atoms with van der Waals surface area (Å²) in [7, 11) is 0.378. The van der Waals surface area contributed by atoms with Crippen LogP contribution >= 0.6 is 11.6 Å². The first-order valence-corrected chi connectivity index (χ1v) is 7.88. The third kappa shape index (κ3) is 5.46. The first kappa shape index (κ1) is 16.4. The molecule has 0 spiro atoms. The van der Waals surface area contributed by atoms with Crippen LogP contribution in [0.2, 0.25) is 5.02 Å². The Hall–Kier alpha value is -0.660. The Bertz CT molecular complexity index is 488. The van der Waals surface area contributed by atoms with Crippen molar-refractivity contribution in [2.45, 2.75) is 13.0 Å². The van der Waals surface area contributed by atoms with Crippen LogP contribution in [0.3, 0.4) is 0 Å². The second-order valence-electron chi connectivity index (χ2n) is 4.38. The van der Waals surface area contributed by atoms with Gasteiger partial charge in [0.15, 0.2) is 0 Å². The molecule has 2 N–H and O–H groups in total. The molecule has 1 atom stereocenters. The molecule has 0 fully saturated rings. The maximum absolute atomic E-state index is 11.6. The summed E-state index contributed by atoms with van der Waals surface area (Å²) in [5.41, 5.74) is 1.01. The van der Waals surface area contributed by atoms with E-state index in [0.717, 1.165) is 5.56 Å². The molecule has 0 amide bonds. The van der Waals surface area contributed by atoms with E-state index in [1.165, 1.54) is 0 Å². The summed E-state index contributed by atoms with van der Waals surface area (Å²) in [5.74, 6) is 0. The van der Waals surface area contributed by atoms with Gasteiger partial charge >= 0.3 is 0 Å². The number of nitrogens with one attached hydrogen (secondary N) is 2. The third-order valence-electron chi connectivity index (χ3n) is 2.68. The lowest BCUT2D eigenvalue weighted by atomic mass is 10.1. The maximum atomic E-state index is 11.6. The first-order valence-electron chi connectivity index (χ1n) is 6.02. The van der Waals surface area contributed by atoms with E-state index in [-0.39, 0.29) is 6.04 Å². The van der Waals surface area contributed by atoms with Crippen molar-refractivity contribution in [1.82, 2.24) is 14.3 Å².